The summed E-state index contributed by atoms with van der Waals surface area (Å²) >= 11 is 0. The summed E-state index contributed by atoms with van der Waals surface area (Å²) in [5, 5.41) is 23.6. The molecule has 2 heterocycles. The molecule has 1 amide bonds. The van der Waals surface area contributed by atoms with Gasteiger partial charge in [-0.2, -0.15) is 0 Å². The summed E-state index contributed by atoms with van der Waals surface area (Å²) in [5.74, 6) is -2.91. The van der Waals surface area contributed by atoms with Crippen molar-refractivity contribution in [1.82, 2.24) is 10.3 Å². The summed E-state index contributed by atoms with van der Waals surface area (Å²) in [6, 6.07) is 5.47. The minimum absolute atomic E-state index is 0.0152. The van der Waals surface area contributed by atoms with Gasteiger partial charge in [0.2, 0.25) is 0 Å². The molecule has 0 radical (unpaired) electrons. The van der Waals surface area contributed by atoms with Crippen molar-refractivity contribution in [2.45, 2.75) is 26.3 Å². The van der Waals surface area contributed by atoms with Crippen LogP contribution in [0.4, 0.5) is 0 Å². The van der Waals surface area contributed by atoms with Gasteiger partial charge in [-0.1, -0.05) is 19.1 Å². The Morgan fingerprint density at radius 2 is 2.16 bits per heavy atom. The number of aliphatic hydroxyl groups excluding tert-OH is 1. The number of hydrogen-bond donors (Lipinski definition) is 3. The number of fused-ring (bicyclic) bond motifs is 5. The van der Waals surface area contributed by atoms with Crippen LogP contribution in [-0.2, 0) is 16.0 Å². The van der Waals surface area contributed by atoms with Crippen LogP contribution in [0.2, 0.25) is 0 Å². The minimum atomic E-state index is -1.40. The molecule has 1 aromatic heterocycles. The van der Waals surface area contributed by atoms with E-state index in [9.17, 15) is 19.8 Å². The maximum Gasteiger partial charge on any atom is 0.344 e. The number of carbonyl (C=O) groups is 2. The maximum atomic E-state index is 12.2. The number of carbonyl (C=O) groups excluding carboxylic acids is 1. The van der Waals surface area contributed by atoms with Crippen LogP contribution in [0.3, 0.4) is 0 Å². The minimum Gasteiger partial charge on any atom is -0.511 e. The van der Waals surface area contributed by atoms with Crippen molar-refractivity contribution in [3.05, 3.63) is 52.4 Å². The Morgan fingerprint density at radius 1 is 1.40 bits per heavy atom. The van der Waals surface area contributed by atoms with Gasteiger partial charge in [0, 0.05) is 17.5 Å². The Bertz CT molecular complexity index is 963. The van der Waals surface area contributed by atoms with Gasteiger partial charge in [-0.15, -0.1) is 0 Å². The summed E-state index contributed by atoms with van der Waals surface area (Å²) in [7, 11) is 0. The van der Waals surface area contributed by atoms with Gasteiger partial charge < -0.3 is 15.5 Å². The average Bonchev–Trinajstić information content (AvgIpc) is 2.55. The maximum absolute atomic E-state index is 12.2. The molecular formula is C19H18N2O4. The van der Waals surface area contributed by atoms with Gasteiger partial charge in [0.05, 0.1) is 11.6 Å². The molecule has 0 fully saturated rings. The number of carboxylic acid groups (broad SMARTS) is 1. The fourth-order valence-electron chi connectivity index (χ4n) is 4.28. The third kappa shape index (κ3) is 2.13. The lowest BCUT2D eigenvalue weighted by molar-refractivity contribution is -0.136. The number of aliphatic carboxylic acids is 1. The molecule has 0 saturated heterocycles. The van der Waals surface area contributed by atoms with Crippen molar-refractivity contribution in [3.8, 4) is 0 Å². The first-order chi connectivity index (χ1) is 11.9. The normalized spacial score (nSPS) is 25.4. The second-order valence-corrected chi connectivity index (χ2v) is 6.88. The quantitative estimate of drug-likeness (QED) is 0.694. The van der Waals surface area contributed by atoms with Gasteiger partial charge >= 0.3 is 5.97 Å². The van der Waals surface area contributed by atoms with E-state index in [2.05, 4.69) is 10.3 Å². The lowest BCUT2D eigenvalue weighted by atomic mass is 9.69. The first kappa shape index (κ1) is 15.6. The number of carboxylic acids is 1. The second kappa shape index (κ2) is 5.31. The lowest BCUT2D eigenvalue weighted by Crippen LogP contribution is -2.47. The summed E-state index contributed by atoms with van der Waals surface area (Å²) < 4.78 is 0. The van der Waals surface area contributed by atoms with Crippen molar-refractivity contribution >= 4 is 22.8 Å². The van der Waals surface area contributed by atoms with E-state index in [4.69, 9.17) is 0 Å². The highest BCUT2D eigenvalue weighted by Gasteiger charge is 2.45. The molecule has 2 aromatic rings. The monoisotopic (exact) mass is 338 g/mol. The molecule has 25 heavy (non-hydrogen) atoms. The molecule has 1 aliphatic carbocycles. The van der Waals surface area contributed by atoms with Gasteiger partial charge in [-0.3, -0.25) is 9.78 Å². The van der Waals surface area contributed by atoms with Gasteiger partial charge in [-0.05, 0) is 42.0 Å². The van der Waals surface area contributed by atoms with E-state index in [1.54, 1.807) is 6.20 Å². The number of pyridine rings is 1. The van der Waals surface area contributed by atoms with Crippen LogP contribution in [-0.4, -0.2) is 27.1 Å². The van der Waals surface area contributed by atoms with Gasteiger partial charge in [-0.25, -0.2) is 4.79 Å². The fourth-order valence-corrected chi connectivity index (χ4v) is 4.28. The third-order valence-electron chi connectivity index (χ3n) is 5.36. The molecule has 2 aliphatic rings. The van der Waals surface area contributed by atoms with Crippen LogP contribution in [0.5, 0.6) is 0 Å². The highest BCUT2D eigenvalue weighted by molar-refractivity contribution is 6.16. The Morgan fingerprint density at radius 3 is 2.88 bits per heavy atom. The van der Waals surface area contributed by atoms with Crippen molar-refractivity contribution < 1.29 is 19.8 Å². The summed E-state index contributed by atoms with van der Waals surface area (Å²) in [6.07, 6.45) is 2.44. The molecule has 1 aliphatic heterocycles. The van der Waals surface area contributed by atoms with Crippen LogP contribution in [0, 0.1) is 18.8 Å². The zero-order chi connectivity index (χ0) is 17.9. The zero-order valence-electron chi connectivity index (χ0n) is 13.9. The van der Waals surface area contributed by atoms with Gasteiger partial charge in [0.15, 0.2) is 5.57 Å². The molecule has 3 N–H and O–H groups in total. The molecule has 0 saturated carbocycles. The number of aromatic nitrogens is 1. The zero-order valence-corrected chi connectivity index (χ0v) is 13.9. The van der Waals surface area contributed by atoms with Crippen molar-refractivity contribution in [3.63, 3.8) is 0 Å². The number of hydrogen-bond acceptors (Lipinski definition) is 4. The highest BCUT2D eigenvalue weighted by atomic mass is 16.4. The number of aryl methyl sites for hydroxylation is 1. The topological polar surface area (TPSA) is 99.5 Å². The van der Waals surface area contributed by atoms with Crippen LogP contribution in [0.15, 0.2) is 35.7 Å². The molecule has 0 bridgehead atoms. The van der Waals surface area contributed by atoms with Crippen LogP contribution in [0.1, 0.15) is 29.7 Å². The molecule has 3 atom stereocenters. The molecule has 6 nitrogen and oxygen atoms in total. The smallest absolute Gasteiger partial charge is 0.344 e. The standard InChI is InChI=1S/C19H18N2O4/c1-8-6-11-10-4-3-5-20-15(10)9(2)7-12(11)16-13(8)17(22)14(19(24)25)18(23)21-16/h3-5,7-8,13,16,22H,6H2,1-2H3,(H,21,23)(H,24,25). The Labute approximate surface area is 144 Å². The lowest BCUT2D eigenvalue weighted by Gasteiger charge is -2.41. The Hall–Kier alpha value is -2.89. The molecule has 1 aromatic carbocycles. The van der Waals surface area contributed by atoms with Gasteiger partial charge in [0.1, 0.15) is 5.76 Å². The molecule has 6 heteroatoms. The predicted octanol–water partition coefficient (Wildman–Crippen LogP) is 2.42. The molecule has 3 unspecified atom stereocenters. The van der Waals surface area contributed by atoms with E-state index in [0.717, 1.165) is 27.6 Å². The van der Waals surface area contributed by atoms with E-state index in [1.165, 1.54) is 0 Å². The highest BCUT2D eigenvalue weighted by Crippen LogP contribution is 2.46. The summed E-state index contributed by atoms with van der Waals surface area (Å²) in [4.78, 5) is 28.0. The predicted molar refractivity (Wildman–Crippen MR) is 91.0 cm³/mol. The number of nitrogens with one attached hydrogen (secondary N) is 1. The number of nitrogens with zero attached hydrogens (tertiary/aromatic N) is 1. The molecule has 4 rings (SSSR count). The number of aliphatic hydroxyl groups is 1. The number of benzene rings is 1. The second-order valence-electron chi connectivity index (χ2n) is 6.88. The van der Waals surface area contributed by atoms with E-state index in [1.807, 2.05) is 32.0 Å². The Balaban J connectivity index is 1.96. The first-order valence-corrected chi connectivity index (χ1v) is 8.24. The van der Waals surface area contributed by atoms with E-state index >= 15 is 0 Å². The van der Waals surface area contributed by atoms with Crippen molar-refractivity contribution in [2.24, 2.45) is 11.8 Å². The van der Waals surface area contributed by atoms with Crippen LogP contribution >= 0.6 is 0 Å². The van der Waals surface area contributed by atoms with Gasteiger partial charge in [0.25, 0.3) is 5.91 Å². The first-order valence-electron chi connectivity index (χ1n) is 8.24. The van der Waals surface area contributed by atoms with E-state index in [-0.39, 0.29) is 11.7 Å². The van der Waals surface area contributed by atoms with Crippen LogP contribution in [0.25, 0.3) is 10.9 Å². The molecular weight excluding hydrogens is 320 g/mol. The van der Waals surface area contributed by atoms with Crippen molar-refractivity contribution in [1.29, 1.82) is 0 Å². The largest absolute Gasteiger partial charge is 0.511 e. The van der Waals surface area contributed by atoms with Crippen molar-refractivity contribution in [2.75, 3.05) is 0 Å². The Kier molecular flexibility index (Phi) is 3.32. The molecule has 0 spiro atoms. The summed E-state index contributed by atoms with van der Waals surface area (Å²) in [6.45, 7) is 3.93. The fraction of sp³-hybridized carbons (Fsp3) is 0.316. The van der Waals surface area contributed by atoms with Crippen LogP contribution < -0.4 is 5.32 Å². The average molecular weight is 338 g/mol. The number of rotatable bonds is 1. The third-order valence-corrected chi connectivity index (χ3v) is 5.36. The SMILES string of the molecule is Cc1cc2c(c3cccnc13)CC(C)C1C(O)=C(C(=O)O)C(=O)NC21. The summed E-state index contributed by atoms with van der Waals surface area (Å²) in [5.41, 5.74) is 3.42. The van der Waals surface area contributed by atoms with E-state index < -0.39 is 29.4 Å². The number of amides is 1. The molecule has 128 valence electrons. The van der Waals surface area contributed by atoms with E-state index in [0.29, 0.717) is 6.42 Å².